The first-order valence-electron chi connectivity index (χ1n) is 9.70. The molecule has 0 radical (unpaired) electrons. The number of hydrogen-bond donors (Lipinski definition) is 1. The summed E-state index contributed by atoms with van der Waals surface area (Å²) in [5, 5.41) is 3.39. The van der Waals surface area contributed by atoms with Crippen molar-refractivity contribution in [3.05, 3.63) is 17.6 Å². The first-order valence-corrected chi connectivity index (χ1v) is 9.70. The standard InChI is InChI=1S/C19H29N5O/c1-14-13-20-15(2)17(21-14)23-9-11-24(12-10-23)18(25)22-19(7-8-19)16-5-3-4-6-16/h13,16H,3-12H2,1-2H3,(H,22,25). The number of carbonyl (C=O) groups excluding carboxylic acids is 1. The monoisotopic (exact) mass is 343 g/mol. The maximum atomic E-state index is 12.7. The first-order chi connectivity index (χ1) is 12.1. The van der Waals surface area contributed by atoms with E-state index in [2.05, 4.69) is 20.2 Å². The van der Waals surface area contributed by atoms with E-state index in [0.717, 1.165) is 43.4 Å². The molecule has 3 aliphatic rings. The van der Waals surface area contributed by atoms with Crippen LogP contribution in [0.25, 0.3) is 0 Å². The van der Waals surface area contributed by atoms with Gasteiger partial charge in [0.15, 0.2) is 0 Å². The van der Waals surface area contributed by atoms with Crippen molar-refractivity contribution in [2.24, 2.45) is 5.92 Å². The SMILES string of the molecule is Cc1cnc(C)c(N2CCN(C(=O)NC3(C4CCCC4)CC3)CC2)n1. The molecule has 0 aromatic carbocycles. The molecule has 0 atom stereocenters. The van der Waals surface area contributed by atoms with Crippen LogP contribution in [0.1, 0.15) is 49.9 Å². The Labute approximate surface area is 150 Å². The summed E-state index contributed by atoms with van der Waals surface area (Å²) in [4.78, 5) is 26.0. The lowest BCUT2D eigenvalue weighted by Gasteiger charge is -2.37. The Morgan fingerprint density at radius 1 is 1.16 bits per heavy atom. The number of urea groups is 1. The van der Waals surface area contributed by atoms with Gasteiger partial charge < -0.3 is 15.1 Å². The van der Waals surface area contributed by atoms with Gasteiger partial charge in [0.1, 0.15) is 5.82 Å². The number of amides is 2. The zero-order valence-electron chi connectivity index (χ0n) is 15.4. The summed E-state index contributed by atoms with van der Waals surface area (Å²) >= 11 is 0. The zero-order valence-corrected chi connectivity index (χ0v) is 15.4. The van der Waals surface area contributed by atoms with Gasteiger partial charge in [-0.25, -0.2) is 9.78 Å². The maximum Gasteiger partial charge on any atom is 0.317 e. The highest BCUT2D eigenvalue weighted by atomic mass is 16.2. The molecule has 25 heavy (non-hydrogen) atoms. The predicted octanol–water partition coefficient (Wildman–Crippen LogP) is 2.65. The molecule has 1 aromatic rings. The van der Waals surface area contributed by atoms with E-state index in [4.69, 9.17) is 0 Å². The minimum absolute atomic E-state index is 0.128. The van der Waals surface area contributed by atoms with Gasteiger partial charge in [0.2, 0.25) is 0 Å². The summed E-state index contributed by atoms with van der Waals surface area (Å²) < 4.78 is 0. The molecular formula is C19H29N5O. The number of hydrogen-bond acceptors (Lipinski definition) is 4. The summed E-state index contributed by atoms with van der Waals surface area (Å²) in [6.45, 7) is 7.12. The van der Waals surface area contributed by atoms with Gasteiger partial charge in [-0.05, 0) is 45.4 Å². The minimum Gasteiger partial charge on any atom is -0.352 e. The van der Waals surface area contributed by atoms with Crippen molar-refractivity contribution in [3.63, 3.8) is 0 Å². The van der Waals surface area contributed by atoms with E-state index in [1.54, 1.807) is 6.20 Å². The van der Waals surface area contributed by atoms with Crippen LogP contribution in [0.2, 0.25) is 0 Å². The van der Waals surface area contributed by atoms with Crippen LogP contribution in [0, 0.1) is 19.8 Å². The smallest absolute Gasteiger partial charge is 0.317 e. The normalized spacial score (nSPS) is 23.0. The number of piperazine rings is 1. The number of nitrogens with one attached hydrogen (secondary N) is 1. The molecule has 4 rings (SSSR count). The molecule has 136 valence electrons. The predicted molar refractivity (Wildman–Crippen MR) is 97.7 cm³/mol. The Hall–Kier alpha value is -1.85. The van der Waals surface area contributed by atoms with Crippen LogP contribution in [0.5, 0.6) is 0 Å². The minimum atomic E-state index is 0.128. The zero-order chi connectivity index (χ0) is 17.4. The number of rotatable bonds is 3. The Bertz CT molecular complexity index is 643. The van der Waals surface area contributed by atoms with Crippen LogP contribution in [-0.2, 0) is 0 Å². The second-order valence-corrected chi connectivity index (χ2v) is 7.96. The van der Waals surface area contributed by atoms with Crippen molar-refractivity contribution >= 4 is 11.8 Å². The lowest BCUT2D eigenvalue weighted by atomic mass is 9.96. The van der Waals surface area contributed by atoms with Crippen molar-refractivity contribution in [2.45, 2.75) is 57.9 Å². The largest absolute Gasteiger partial charge is 0.352 e. The van der Waals surface area contributed by atoms with Crippen molar-refractivity contribution in [1.82, 2.24) is 20.2 Å². The van der Waals surface area contributed by atoms with E-state index in [9.17, 15) is 4.79 Å². The van der Waals surface area contributed by atoms with Crippen LogP contribution >= 0.6 is 0 Å². The van der Waals surface area contributed by atoms with E-state index in [1.165, 1.54) is 38.5 Å². The second kappa shape index (κ2) is 6.46. The quantitative estimate of drug-likeness (QED) is 0.916. The van der Waals surface area contributed by atoms with Gasteiger partial charge in [0.25, 0.3) is 0 Å². The highest BCUT2D eigenvalue weighted by molar-refractivity contribution is 5.76. The number of carbonyl (C=O) groups is 1. The first kappa shape index (κ1) is 16.6. The summed E-state index contributed by atoms with van der Waals surface area (Å²) in [5.74, 6) is 1.67. The van der Waals surface area contributed by atoms with Crippen LogP contribution in [0.4, 0.5) is 10.6 Å². The summed E-state index contributed by atoms with van der Waals surface area (Å²) in [6, 6.07) is 0.135. The highest BCUT2D eigenvalue weighted by Gasteiger charge is 2.51. The van der Waals surface area contributed by atoms with E-state index in [0.29, 0.717) is 5.92 Å². The van der Waals surface area contributed by atoms with Crippen LogP contribution in [0.3, 0.4) is 0 Å². The van der Waals surface area contributed by atoms with Crippen molar-refractivity contribution in [1.29, 1.82) is 0 Å². The van der Waals surface area contributed by atoms with Gasteiger partial charge in [-0.15, -0.1) is 0 Å². The fourth-order valence-corrected chi connectivity index (χ4v) is 4.49. The molecular weight excluding hydrogens is 314 g/mol. The molecule has 2 aliphatic carbocycles. The van der Waals surface area contributed by atoms with Gasteiger partial charge in [-0.2, -0.15) is 0 Å². The van der Waals surface area contributed by atoms with E-state index < -0.39 is 0 Å². The number of anilines is 1. The van der Waals surface area contributed by atoms with Crippen molar-refractivity contribution in [2.75, 3.05) is 31.1 Å². The molecule has 1 aliphatic heterocycles. The molecule has 2 heterocycles. The van der Waals surface area contributed by atoms with Crippen LogP contribution in [-0.4, -0.2) is 52.6 Å². The third-order valence-electron chi connectivity index (χ3n) is 6.20. The Kier molecular flexibility index (Phi) is 4.29. The van der Waals surface area contributed by atoms with Gasteiger partial charge >= 0.3 is 6.03 Å². The summed E-state index contributed by atoms with van der Waals surface area (Å²) in [6.07, 6.45) is 9.39. The fourth-order valence-electron chi connectivity index (χ4n) is 4.49. The highest BCUT2D eigenvalue weighted by Crippen LogP contribution is 2.49. The molecule has 1 N–H and O–H groups in total. The Morgan fingerprint density at radius 2 is 1.84 bits per heavy atom. The molecule has 0 bridgehead atoms. The Morgan fingerprint density at radius 3 is 2.48 bits per heavy atom. The van der Waals surface area contributed by atoms with Crippen molar-refractivity contribution in [3.8, 4) is 0 Å². The van der Waals surface area contributed by atoms with E-state index >= 15 is 0 Å². The molecule has 1 aromatic heterocycles. The van der Waals surface area contributed by atoms with Gasteiger partial charge in [0.05, 0.1) is 11.4 Å². The third kappa shape index (κ3) is 3.31. The lowest BCUT2D eigenvalue weighted by molar-refractivity contribution is 0.182. The molecule has 0 spiro atoms. The molecule has 2 amide bonds. The Balaban J connectivity index is 1.34. The molecule has 6 heteroatoms. The molecule has 2 saturated carbocycles. The van der Waals surface area contributed by atoms with Crippen LogP contribution in [0.15, 0.2) is 6.20 Å². The number of nitrogens with zero attached hydrogens (tertiary/aromatic N) is 4. The number of aromatic nitrogens is 2. The number of aryl methyl sites for hydroxylation is 2. The topological polar surface area (TPSA) is 61.4 Å². The van der Waals surface area contributed by atoms with Gasteiger partial charge in [0, 0.05) is 37.9 Å². The van der Waals surface area contributed by atoms with E-state index in [1.807, 2.05) is 18.7 Å². The molecule has 0 unspecified atom stereocenters. The lowest BCUT2D eigenvalue weighted by Crippen LogP contribution is -2.55. The fraction of sp³-hybridized carbons (Fsp3) is 0.737. The maximum absolute atomic E-state index is 12.7. The summed E-state index contributed by atoms with van der Waals surface area (Å²) in [5.41, 5.74) is 2.03. The van der Waals surface area contributed by atoms with E-state index in [-0.39, 0.29) is 11.6 Å². The van der Waals surface area contributed by atoms with Crippen molar-refractivity contribution < 1.29 is 4.79 Å². The third-order valence-corrected chi connectivity index (χ3v) is 6.20. The second-order valence-electron chi connectivity index (χ2n) is 7.96. The van der Waals surface area contributed by atoms with Gasteiger partial charge in [-0.1, -0.05) is 12.8 Å². The average Bonchev–Trinajstić information content (AvgIpc) is 3.18. The molecule has 3 fully saturated rings. The van der Waals surface area contributed by atoms with Gasteiger partial charge in [-0.3, -0.25) is 4.98 Å². The molecule has 1 saturated heterocycles. The molecule has 6 nitrogen and oxygen atoms in total. The average molecular weight is 343 g/mol. The van der Waals surface area contributed by atoms with Crippen LogP contribution < -0.4 is 10.2 Å². The summed E-state index contributed by atoms with van der Waals surface area (Å²) in [7, 11) is 0.